The van der Waals surface area contributed by atoms with Crippen molar-refractivity contribution in [1.82, 2.24) is 20.2 Å². The van der Waals surface area contributed by atoms with Gasteiger partial charge in [0.2, 0.25) is 5.91 Å². The minimum atomic E-state index is -0.581. The van der Waals surface area contributed by atoms with E-state index < -0.39 is 18.0 Å². The van der Waals surface area contributed by atoms with Gasteiger partial charge in [0.05, 0.1) is 25.0 Å². The molecule has 2 aromatic rings. The van der Waals surface area contributed by atoms with E-state index in [4.69, 9.17) is 4.74 Å². The number of anilines is 1. The molecule has 1 fully saturated rings. The number of benzene rings is 1. The van der Waals surface area contributed by atoms with E-state index in [9.17, 15) is 18.8 Å². The van der Waals surface area contributed by atoms with Gasteiger partial charge < -0.3 is 15.0 Å². The van der Waals surface area contributed by atoms with E-state index in [1.807, 2.05) is 6.08 Å². The van der Waals surface area contributed by atoms with Crippen molar-refractivity contribution in [3.63, 3.8) is 0 Å². The predicted octanol–water partition coefficient (Wildman–Crippen LogP) is 2.01. The number of ether oxygens (including phenoxy) is 1. The first-order valence-electron chi connectivity index (χ1n) is 10.2. The Labute approximate surface area is 183 Å². The Morgan fingerprint density at radius 1 is 1.31 bits per heavy atom. The minimum absolute atomic E-state index is 0.203. The van der Waals surface area contributed by atoms with Crippen molar-refractivity contribution in [1.29, 1.82) is 0 Å². The zero-order valence-corrected chi connectivity index (χ0v) is 17.5. The number of halogens is 1. The molecule has 166 valence electrons. The summed E-state index contributed by atoms with van der Waals surface area (Å²) in [6.45, 7) is 2.59. The molecule has 0 radical (unpaired) electrons. The van der Waals surface area contributed by atoms with Gasteiger partial charge in [-0.1, -0.05) is 6.08 Å². The van der Waals surface area contributed by atoms with Gasteiger partial charge in [0.15, 0.2) is 0 Å². The van der Waals surface area contributed by atoms with E-state index in [-0.39, 0.29) is 30.6 Å². The summed E-state index contributed by atoms with van der Waals surface area (Å²) in [4.78, 5) is 46.6. The molecule has 2 aliphatic rings. The molecule has 3 heterocycles. The van der Waals surface area contributed by atoms with Crippen LogP contribution in [0, 0.1) is 5.82 Å². The van der Waals surface area contributed by atoms with Crippen LogP contribution in [0.25, 0.3) is 5.57 Å². The topological polar surface area (TPSA) is 105 Å². The Morgan fingerprint density at radius 2 is 2.16 bits per heavy atom. The Balaban J connectivity index is 1.43. The molecular weight excluding hydrogens is 417 g/mol. The van der Waals surface area contributed by atoms with Gasteiger partial charge in [0.25, 0.3) is 5.91 Å². The summed E-state index contributed by atoms with van der Waals surface area (Å²) in [5.41, 5.74) is 1.89. The number of aromatic nitrogens is 2. The third-order valence-corrected chi connectivity index (χ3v) is 5.34. The van der Waals surface area contributed by atoms with E-state index in [0.717, 1.165) is 5.57 Å². The summed E-state index contributed by atoms with van der Waals surface area (Å²) in [5, 5.41) is 2.61. The summed E-state index contributed by atoms with van der Waals surface area (Å²) in [6, 6.07) is 4.60. The SMILES string of the molecule is CC(=O)NCC1CN(c2ccc(C3=CCN(C(=O)c4cnccn4)CC3)c(F)c2)C(=O)O1. The number of carbonyl (C=O) groups is 3. The number of hydrogen-bond donors (Lipinski definition) is 1. The maximum absolute atomic E-state index is 14.9. The predicted molar refractivity (Wildman–Crippen MR) is 113 cm³/mol. The first-order chi connectivity index (χ1) is 15.4. The van der Waals surface area contributed by atoms with Gasteiger partial charge in [-0.3, -0.25) is 19.5 Å². The Hall–Kier alpha value is -3.82. The van der Waals surface area contributed by atoms with Crippen LogP contribution in [-0.2, 0) is 9.53 Å². The van der Waals surface area contributed by atoms with Crippen molar-refractivity contribution in [2.45, 2.75) is 19.4 Å². The molecule has 1 atom stereocenters. The summed E-state index contributed by atoms with van der Waals surface area (Å²) in [5.74, 6) is -0.890. The van der Waals surface area contributed by atoms with E-state index in [1.54, 1.807) is 17.0 Å². The van der Waals surface area contributed by atoms with Crippen LogP contribution < -0.4 is 10.2 Å². The number of rotatable bonds is 5. The van der Waals surface area contributed by atoms with Gasteiger partial charge >= 0.3 is 6.09 Å². The highest BCUT2D eigenvalue weighted by atomic mass is 19.1. The highest BCUT2D eigenvalue weighted by Crippen LogP contribution is 2.30. The van der Waals surface area contributed by atoms with Crippen molar-refractivity contribution in [3.8, 4) is 0 Å². The van der Waals surface area contributed by atoms with E-state index in [1.165, 1.54) is 36.5 Å². The van der Waals surface area contributed by atoms with Gasteiger partial charge in [-0.15, -0.1) is 0 Å². The van der Waals surface area contributed by atoms with Crippen LogP contribution in [0.2, 0.25) is 0 Å². The fourth-order valence-electron chi connectivity index (χ4n) is 3.70. The highest BCUT2D eigenvalue weighted by molar-refractivity contribution is 5.93. The maximum atomic E-state index is 14.9. The fourth-order valence-corrected chi connectivity index (χ4v) is 3.70. The second-order valence-corrected chi connectivity index (χ2v) is 7.54. The number of cyclic esters (lactones) is 1. The normalized spacial score (nSPS) is 18.2. The number of hydrogen-bond acceptors (Lipinski definition) is 6. The molecule has 32 heavy (non-hydrogen) atoms. The van der Waals surface area contributed by atoms with Crippen molar-refractivity contribution in [2.24, 2.45) is 0 Å². The molecular formula is C22H22FN5O4. The molecule has 1 aromatic heterocycles. The summed E-state index contributed by atoms with van der Waals surface area (Å²) < 4.78 is 20.1. The van der Waals surface area contributed by atoms with Crippen molar-refractivity contribution in [3.05, 3.63) is 59.9 Å². The van der Waals surface area contributed by atoms with Crippen LogP contribution in [0.5, 0.6) is 0 Å². The number of carbonyl (C=O) groups excluding carboxylic acids is 3. The average molecular weight is 439 g/mol. The monoisotopic (exact) mass is 439 g/mol. The molecule has 0 bridgehead atoms. The van der Waals surface area contributed by atoms with Crippen LogP contribution in [-0.4, -0.2) is 65.1 Å². The molecule has 4 rings (SSSR count). The molecule has 0 saturated carbocycles. The second kappa shape index (κ2) is 9.13. The first-order valence-corrected chi connectivity index (χ1v) is 10.2. The molecule has 0 aliphatic carbocycles. The smallest absolute Gasteiger partial charge is 0.414 e. The van der Waals surface area contributed by atoms with Gasteiger partial charge in [-0.2, -0.15) is 0 Å². The fraction of sp³-hybridized carbons (Fsp3) is 0.318. The van der Waals surface area contributed by atoms with Gasteiger partial charge in [0, 0.05) is 38.0 Å². The lowest BCUT2D eigenvalue weighted by Gasteiger charge is -2.26. The Morgan fingerprint density at radius 3 is 2.81 bits per heavy atom. The van der Waals surface area contributed by atoms with Crippen molar-refractivity contribution < 1.29 is 23.5 Å². The summed E-state index contributed by atoms with van der Waals surface area (Å²) in [7, 11) is 0. The van der Waals surface area contributed by atoms with E-state index in [2.05, 4.69) is 15.3 Å². The molecule has 1 unspecified atom stereocenters. The number of nitrogens with zero attached hydrogens (tertiary/aromatic N) is 4. The molecule has 1 aromatic carbocycles. The van der Waals surface area contributed by atoms with Gasteiger partial charge in [0.1, 0.15) is 17.6 Å². The average Bonchev–Trinajstić information content (AvgIpc) is 3.18. The third kappa shape index (κ3) is 4.58. The molecule has 2 aliphatic heterocycles. The molecule has 3 amide bonds. The van der Waals surface area contributed by atoms with E-state index >= 15 is 0 Å². The lowest BCUT2D eigenvalue weighted by molar-refractivity contribution is -0.119. The molecule has 10 heteroatoms. The molecule has 9 nitrogen and oxygen atoms in total. The Bertz CT molecular complexity index is 1080. The lowest BCUT2D eigenvalue weighted by Crippen LogP contribution is -2.35. The van der Waals surface area contributed by atoms with Crippen LogP contribution in [0.1, 0.15) is 29.4 Å². The van der Waals surface area contributed by atoms with Crippen LogP contribution in [0.15, 0.2) is 42.9 Å². The summed E-state index contributed by atoms with van der Waals surface area (Å²) in [6.07, 6.45) is 5.63. The number of amides is 3. The van der Waals surface area contributed by atoms with Gasteiger partial charge in [-0.05, 0) is 30.2 Å². The quantitative estimate of drug-likeness (QED) is 0.764. The maximum Gasteiger partial charge on any atom is 0.414 e. The Kier molecular flexibility index (Phi) is 6.11. The second-order valence-electron chi connectivity index (χ2n) is 7.54. The molecule has 1 N–H and O–H groups in total. The lowest BCUT2D eigenvalue weighted by atomic mass is 9.98. The standard InChI is InChI=1S/C22H22FN5O4/c1-14(29)26-11-17-13-28(22(31)32-17)16-2-3-18(19(23)10-16)15-4-8-27(9-5-15)21(30)20-12-24-6-7-25-20/h2-4,6-7,10,12,17H,5,8-9,11,13H2,1H3,(H,26,29). The molecule has 1 saturated heterocycles. The minimum Gasteiger partial charge on any atom is -0.442 e. The van der Waals surface area contributed by atoms with Crippen LogP contribution in [0.3, 0.4) is 0 Å². The highest BCUT2D eigenvalue weighted by Gasteiger charge is 2.33. The summed E-state index contributed by atoms with van der Waals surface area (Å²) >= 11 is 0. The van der Waals surface area contributed by atoms with Crippen molar-refractivity contribution in [2.75, 3.05) is 31.1 Å². The zero-order valence-electron chi connectivity index (χ0n) is 17.5. The zero-order chi connectivity index (χ0) is 22.7. The van der Waals surface area contributed by atoms with E-state index in [0.29, 0.717) is 30.8 Å². The first kappa shape index (κ1) is 21.4. The number of nitrogens with one attached hydrogen (secondary N) is 1. The molecule has 0 spiro atoms. The third-order valence-electron chi connectivity index (χ3n) is 5.34. The van der Waals surface area contributed by atoms with Crippen LogP contribution in [0.4, 0.5) is 14.9 Å². The van der Waals surface area contributed by atoms with Crippen molar-refractivity contribution >= 4 is 29.2 Å². The largest absolute Gasteiger partial charge is 0.442 e. The van der Waals surface area contributed by atoms with Crippen LogP contribution >= 0.6 is 0 Å². The van der Waals surface area contributed by atoms with Gasteiger partial charge in [-0.25, -0.2) is 14.2 Å².